The smallest absolute Gasteiger partial charge is 0.225 e. The summed E-state index contributed by atoms with van der Waals surface area (Å²) < 4.78 is 5.32. The number of halogens is 1. The summed E-state index contributed by atoms with van der Waals surface area (Å²) in [5.74, 6) is 0.843. The van der Waals surface area contributed by atoms with Crippen LogP contribution in [0.3, 0.4) is 0 Å². The molecule has 1 fully saturated rings. The van der Waals surface area contributed by atoms with Crippen LogP contribution >= 0.6 is 15.9 Å². The van der Waals surface area contributed by atoms with E-state index in [-0.39, 0.29) is 11.8 Å². The minimum atomic E-state index is 0.0789. The molecular formula is C12H22BrNO2. The van der Waals surface area contributed by atoms with Gasteiger partial charge in [0.1, 0.15) is 0 Å². The molecule has 3 nitrogen and oxygen atoms in total. The summed E-state index contributed by atoms with van der Waals surface area (Å²) in [6.45, 7) is 4.38. The maximum atomic E-state index is 11.8. The molecule has 94 valence electrons. The Morgan fingerprint density at radius 1 is 1.62 bits per heavy atom. The van der Waals surface area contributed by atoms with Crippen molar-refractivity contribution in [1.29, 1.82) is 0 Å². The number of hydrogen-bond donors (Lipinski definition) is 1. The molecule has 0 aromatic heterocycles. The van der Waals surface area contributed by atoms with E-state index < -0.39 is 0 Å². The molecule has 0 aliphatic carbocycles. The van der Waals surface area contributed by atoms with Gasteiger partial charge in [0.15, 0.2) is 0 Å². The number of amides is 1. The second-order valence-corrected chi connectivity index (χ2v) is 5.20. The number of alkyl halides is 1. The minimum Gasteiger partial charge on any atom is -0.381 e. The van der Waals surface area contributed by atoms with E-state index in [0.29, 0.717) is 12.5 Å². The lowest BCUT2D eigenvalue weighted by Gasteiger charge is -2.22. The van der Waals surface area contributed by atoms with Crippen molar-refractivity contribution in [1.82, 2.24) is 5.32 Å². The molecule has 16 heavy (non-hydrogen) atoms. The fraction of sp³-hybridized carbons (Fsp3) is 0.917. The van der Waals surface area contributed by atoms with Crippen LogP contribution in [0.2, 0.25) is 0 Å². The van der Waals surface area contributed by atoms with Crippen LogP contribution < -0.4 is 5.32 Å². The molecule has 4 heteroatoms. The first-order valence-electron chi connectivity index (χ1n) is 6.19. The zero-order valence-corrected chi connectivity index (χ0v) is 11.6. The molecule has 0 saturated carbocycles. The summed E-state index contributed by atoms with van der Waals surface area (Å²) in [5.41, 5.74) is 0. The highest BCUT2D eigenvalue weighted by Gasteiger charge is 2.21. The SMILES string of the molecule is CCC(CCBr)CNC(=O)C1CCCOC1. The van der Waals surface area contributed by atoms with Crippen molar-refractivity contribution in [3.8, 4) is 0 Å². The molecule has 0 bridgehead atoms. The quantitative estimate of drug-likeness (QED) is 0.763. The van der Waals surface area contributed by atoms with Gasteiger partial charge in [0, 0.05) is 18.5 Å². The molecule has 0 radical (unpaired) electrons. The Kier molecular flexibility index (Phi) is 7.05. The number of carbonyl (C=O) groups excluding carboxylic acids is 1. The first kappa shape index (κ1) is 14.0. The number of nitrogens with one attached hydrogen (secondary N) is 1. The highest BCUT2D eigenvalue weighted by atomic mass is 79.9. The summed E-state index contributed by atoms with van der Waals surface area (Å²) in [4.78, 5) is 11.8. The van der Waals surface area contributed by atoms with E-state index in [9.17, 15) is 4.79 Å². The standard InChI is InChI=1S/C12H22BrNO2/c1-2-10(5-6-13)8-14-12(15)11-4-3-7-16-9-11/h10-11H,2-9H2,1H3,(H,14,15). The molecule has 0 aromatic carbocycles. The van der Waals surface area contributed by atoms with Crippen LogP contribution in [0.5, 0.6) is 0 Å². The third-order valence-corrected chi connectivity index (χ3v) is 3.65. The number of carbonyl (C=O) groups is 1. The number of hydrogen-bond acceptors (Lipinski definition) is 2. The molecule has 1 N–H and O–H groups in total. The fourth-order valence-corrected chi connectivity index (χ4v) is 2.59. The van der Waals surface area contributed by atoms with Crippen molar-refractivity contribution in [2.45, 2.75) is 32.6 Å². The lowest BCUT2D eigenvalue weighted by Crippen LogP contribution is -2.38. The average Bonchev–Trinajstić information content (AvgIpc) is 2.35. The van der Waals surface area contributed by atoms with Crippen LogP contribution in [0.15, 0.2) is 0 Å². The molecule has 1 rings (SSSR count). The van der Waals surface area contributed by atoms with Gasteiger partial charge in [-0.2, -0.15) is 0 Å². The van der Waals surface area contributed by atoms with Crippen molar-refractivity contribution in [3.05, 3.63) is 0 Å². The zero-order valence-electron chi connectivity index (χ0n) is 10.0. The van der Waals surface area contributed by atoms with Crippen molar-refractivity contribution < 1.29 is 9.53 Å². The van der Waals surface area contributed by atoms with Crippen LogP contribution in [0.1, 0.15) is 32.6 Å². The first-order chi connectivity index (χ1) is 7.77. The Morgan fingerprint density at radius 3 is 3.00 bits per heavy atom. The van der Waals surface area contributed by atoms with E-state index in [1.165, 1.54) is 0 Å². The molecule has 2 unspecified atom stereocenters. The zero-order chi connectivity index (χ0) is 11.8. The molecule has 1 aliphatic heterocycles. The molecule has 0 aromatic rings. The Bertz CT molecular complexity index is 205. The first-order valence-corrected chi connectivity index (χ1v) is 7.31. The normalized spacial score (nSPS) is 22.8. The monoisotopic (exact) mass is 291 g/mol. The van der Waals surface area contributed by atoms with Gasteiger partial charge < -0.3 is 10.1 Å². The highest BCUT2D eigenvalue weighted by molar-refractivity contribution is 9.09. The molecule has 0 spiro atoms. The number of ether oxygens (including phenoxy) is 1. The van der Waals surface area contributed by atoms with Gasteiger partial charge in [0.2, 0.25) is 5.91 Å². The summed E-state index contributed by atoms with van der Waals surface area (Å²) in [7, 11) is 0. The van der Waals surface area contributed by atoms with E-state index in [0.717, 1.165) is 44.2 Å². The van der Waals surface area contributed by atoms with E-state index in [1.807, 2.05) is 0 Å². The Hall–Kier alpha value is -0.0900. The molecule has 1 aliphatic rings. The maximum Gasteiger partial charge on any atom is 0.225 e. The summed E-state index contributed by atoms with van der Waals surface area (Å²) in [6.07, 6.45) is 4.22. The topological polar surface area (TPSA) is 38.3 Å². The van der Waals surface area contributed by atoms with E-state index >= 15 is 0 Å². The predicted molar refractivity (Wildman–Crippen MR) is 68.7 cm³/mol. The van der Waals surface area contributed by atoms with Crippen molar-refractivity contribution >= 4 is 21.8 Å². The van der Waals surface area contributed by atoms with Gasteiger partial charge in [-0.15, -0.1) is 0 Å². The van der Waals surface area contributed by atoms with Gasteiger partial charge in [0.05, 0.1) is 12.5 Å². The predicted octanol–water partition coefficient (Wildman–Crippen LogP) is 2.34. The van der Waals surface area contributed by atoms with E-state index in [4.69, 9.17) is 4.74 Å². The second-order valence-electron chi connectivity index (χ2n) is 4.41. The van der Waals surface area contributed by atoms with Gasteiger partial charge in [-0.3, -0.25) is 4.79 Å². The maximum absolute atomic E-state index is 11.8. The van der Waals surface area contributed by atoms with E-state index in [1.54, 1.807) is 0 Å². The molecule has 1 saturated heterocycles. The fourth-order valence-electron chi connectivity index (χ4n) is 1.94. The van der Waals surface area contributed by atoms with Gasteiger partial charge in [-0.05, 0) is 25.2 Å². The number of rotatable bonds is 6. The Balaban J connectivity index is 2.22. The van der Waals surface area contributed by atoms with Crippen LogP contribution in [0.4, 0.5) is 0 Å². The minimum absolute atomic E-state index is 0.0789. The lowest BCUT2D eigenvalue weighted by molar-refractivity contribution is -0.129. The van der Waals surface area contributed by atoms with Crippen LogP contribution in [0, 0.1) is 11.8 Å². The van der Waals surface area contributed by atoms with Crippen LogP contribution in [-0.2, 0) is 9.53 Å². The lowest BCUT2D eigenvalue weighted by atomic mass is 10.00. The molecule has 2 atom stereocenters. The van der Waals surface area contributed by atoms with Crippen molar-refractivity contribution in [2.75, 3.05) is 25.1 Å². The second kappa shape index (κ2) is 8.07. The van der Waals surface area contributed by atoms with Gasteiger partial charge in [0.25, 0.3) is 0 Å². The van der Waals surface area contributed by atoms with Gasteiger partial charge >= 0.3 is 0 Å². The largest absolute Gasteiger partial charge is 0.381 e. The van der Waals surface area contributed by atoms with Gasteiger partial charge in [-0.1, -0.05) is 29.3 Å². The van der Waals surface area contributed by atoms with Crippen LogP contribution in [0.25, 0.3) is 0 Å². The van der Waals surface area contributed by atoms with Crippen molar-refractivity contribution in [2.24, 2.45) is 11.8 Å². The third kappa shape index (κ3) is 4.83. The molecule has 1 amide bonds. The highest BCUT2D eigenvalue weighted by Crippen LogP contribution is 2.14. The average molecular weight is 292 g/mol. The van der Waals surface area contributed by atoms with E-state index in [2.05, 4.69) is 28.2 Å². The van der Waals surface area contributed by atoms with Crippen molar-refractivity contribution in [3.63, 3.8) is 0 Å². The summed E-state index contributed by atoms with van der Waals surface area (Å²) in [5, 5.41) is 4.06. The summed E-state index contributed by atoms with van der Waals surface area (Å²) in [6, 6.07) is 0. The Morgan fingerprint density at radius 2 is 2.44 bits per heavy atom. The Labute approximate surface area is 106 Å². The molecule has 1 heterocycles. The third-order valence-electron chi connectivity index (χ3n) is 3.19. The van der Waals surface area contributed by atoms with Crippen LogP contribution in [-0.4, -0.2) is 31.0 Å². The summed E-state index contributed by atoms with van der Waals surface area (Å²) >= 11 is 3.44. The van der Waals surface area contributed by atoms with Gasteiger partial charge in [-0.25, -0.2) is 0 Å². The molecular weight excluding hydrogens is 270 g/mol.